The molecule has 1 aromatic heterocycles. The molecule has 0 saturated carbocycles. The summed E-state index contributed by atoms with van der Waals surface area (Å²) in [5.41, 5.74) is 2.99. The second-order valence-electron chi connectivity index (χ2n) is 1.58. The maximum absolute atomic E-state index is 4.10. The van der Waals surface area contributed by atoms with Gasteiger partial charge >= 0.3 is 0 Å². The van der Waals surface area contributed by atoms with Crippen LogP contribution >= 0.6 is 11.3 Å². The van der Waals surface area contributed by atoms with Crippen LogP contribution in [0.1, 0.15) is 17.5 Å². The molecule has 0 bridgehead atoms. The summed E-state index contributed by atoms with van der Waals surface area (Å²) in [5.74, 6) is 0. The molecule has 0 unspecified atom stereocenters. The van der Waals surface area contributed by atoms with Crippen molar-refractivity contribution in [3.05, 3.63) is 22.5 Å². The maximum atomic E-state index is 4.10. The van der Waals surface area contributed by atoms with Gasteiger partial charge in [-0.2, -0.15) is 0 Å². The summed E-state index contributed by atoms with van der Waals surface area (Å²) in [4.78, 5) is 5.40. The third-order valence-corrected chi connectivity index (χ3v) is 1.83. The van der Waals surface area contributed by atoms with E-state index >= 15 is 0 Å². The Bertz CT molecular complexity index is 169. The number of aromatic nitrogens is 1. The smallest absolute Gasteiger partial charge is 0.0797 e. The molecule has 2 heteroatoms. The molecule has 0 saturated heterocycles. The number of rotatable bonds is 1. The van der Waals surface area contributed by atoms with Crippen LogP contribution in [0, 0.1) is 13.3 Å². The zero-order valence-corrected chi connectivity index (χ0v) is 5.83. The van der Waals surface area contributed by atoms with Crippen molar-refractivity contribution < 1.29 is 0 Å². The van der Waals surface area contributed by atoms with Crippen molar-refractivity contribution in [2.45, 2.75) is 13.8 Å². The lowest BCUT2D eigenvalue weighted by atomic mass is 10.3. The molecule has 0 aliphatic heterocycles. The van der Waals surface area contributed by atoms with Gasteiger partial charge in [-0.15, -0.1) is 11.3 Å². The first-order valence-corrected chi connectivity index (χ1v) is 3.42. The highest BCUT2D eigenvalue weighted by Gasteiger charge is 1.94. The Hall–Kier alpha value is -0.370. The normalized spacial score (nSPS) is 9.75. The second kappa shape index (κ2) is 2.27. The molecule has 1 radical (unpaired) electrons. The average Bonchev–Trinajstić information content (AvgIpc) is 2.14. The average molecular weight is 126 g/mol. The van der Waals surface area contributed by atoms with Gasteiger partial charge in [0.15, 0.2) is 0 Å². The molecule has 8 heavy (non-hydrogen) atoms. The van der Waals surface area contributed by atoms with E-state index in [1.807, 2.05) is 18.9 Å². The largest absolute Gasteiger partial charge is 0.249 e. The van der Waals surface area contributed by atoms with Gasteiger partial charge < -0.3 is 0 Å². The van der Waals surface area contributed by atoms with Crippen LogP contribution in [-0.4, -0.2) is 4.98 Å². The van der Waals surface area contributed by atoms with Gasteiger partial charge in [0, 0.05) is 11.3 Å². The summed E-state index contributed by atoms with van der Waals surface area (Å²) in [5, 5.41) is 0. The molecule has 0 amide bonds. The summed E-state index contributed by atoms with van der Waals surface area (Å²) in [6, 6.07) is 0. The first-order chi connectivity index (χ1) is 3.84. The predicted molar refractivity (Wildman–Crippen MR) is 35.9 cm³/mol. The maximum Gasteiger partial charge on any atom is 0.0797 e. The summed E-state index contributed by atoms with van der Waals surface area (Å²) < 4.78 is 0. The molecule has 0 N–H and O–H groups in total. The standard InChI is InChI=1S/C6H8NS/c1-3-6-5(2)8-4-7-6/h3-4H,1-2H3. The van der Waals surface area contributed by atoms with Crippen molar-refractivity contribution in [3.63, 3.8) is 0 Å². The number of nitrogens with zero attached hydrogens (tertiary/aromatic N) is 1. The van der Waals surface area contributed by atoms with Crippen molar-refractivity contribution in [1.82, 2.24) is 4.98 Å². The van der Waals surface area contributed by atoms with Crippen LogP contribution in [0.15, 0.2) is 5.51 Å². The molecule has 43 valence electrons. The van der Waals surface area contributed by atoms with E-state index in [2.05, 4.69) is 11.9 Å². The van der Waals surface area contributed by atoms with Gasteiger partial charge in [0.1, 0.15) is 0 Å². The Labute approximate surface area is 53.4 Å². The monoisotopic (exact) mass is 126 g/mol. The predicted octanol–water partition coefficient (Wildman–Crippen LogP) is 2.02. The highest BCUT2D eigenvalue weighted by molar-refractivity contribution is 7.09. The lowest BCUT2D eigenvalue weighted by Gasteiger charge is -1.85. The topological polar surface area (TPSA) is 12.9 Å². The van der Waals surface area contributed by atoms with E-state index in [9.17, 15) is 0 Å². The Morgan fingerprint density at radius 3 is 2.75 bits per heavy atom. The molecule has 0 atom stereocenters. The van der Waals surface area contributed by atoms with Gasteiger partial charge in [-0.1, -0.05) is 6.92 Å². The Kier molecular flexibility index (Phi) is 1.63. The minimum atomic E-state index is 1.12. The third kappa shape index (κ3) is 0.892. The van der Waals surface area contributed by atoms with Gasteiger partial charge in [0.2, 0.25) is 0 Å². The summed E-state index contributed by atoms with van der Waals surface area (Å²) in [6.07, 6.45) is 2.02. The minimum Gasteiger partial charge on any atom is -0.249 e. The molecule has 0 aliphatic carbocycles. The van der Waals surface area contributed by atoms with E-state index in [0.29, 0.717) is 0 Å². The SMILES string of the molecule is C[CH]c1ncsc1C. The Morgan fingerprint density at radius 2 is 2.50 bits per heavy atom. The van der Waals surface area contributed by atoms with Crippen molar-refractivity contribution in [1.29, 1.82) is 0 Å². The fourth-order valence-electron chi connectivity index (χ4n) is 0.591. The van der Waals surface area contributed by atoms with Crippen molar-refractivity contribution in [3.8, 4) is 0 Å². The van der Waals surface area contributed by atoms with Gasteiger partial charge in [-0.05, 0) is 6.92 Å². The fourth-order valence-corrected chi connectivity index (χ4v) is 1.21. The number of thiazole rings is 1. The molecule has 1 rings (SSSR count). The number of hydrogen-bond donors (Lipinski definition) is 0. The Morgan fingerprint density at radius 1 is 1.75 bits per heavy atom. The minimum absolute atomic E-state index is 1.12. The van der Waals surface area contributed by atoms with Crippen LogP contribution in [0.5, 0.6) is 0 Å². The van der Waals surface area contributed by atoms with Gasteiger partial charge in [0.25, 0.3) is 0 Å². The highest BCUT2D eigenvalue weighted by atomic mass is 32.1. The summed E-state index contributed by atoms with van der Waals surface area (Å²) in [6.45, 7) is 4.08. The van der Waals surface area contributed by atoms with E-state index in [-0.39, 0.29) is 0 Å². The molecule has 1 nitrogen and oxygen atoms in total. The molecule has 0 aromatic carbocycles. The van der Waals surface area contributed by atoms with E-state index in [1.165, 1.54) is 4.88 Å². The summed E-state index contributed by atoms with van der Waals surface area (Å²) >= 11 is 1.69. The van der Waals surface area contributed by atoms with Gasteiger partial charge in [-0.25, -0.2) is 4.98 Å². The van der Waals surface area contributed by atoms with Crippen LogP contribution in [-0.2, 0) is 0 Å². The number of hydrogen-bond acceptors (Lipinski definition) is 2. The van der Waals surface area contributed by atoms with Crippen LogP contribution in [0.2, 0.25) is 0 Å². The third-order valence-electron chi connectivity index (χ3n) is 1.06. The molecule has 0 spiro atoms. The Balaban J connectivity index is 2.92. The molecule has 0 fully saturated rings. The molecule has 1 heterocycles. The molecule has 1 aromatic rings. The van der Waals surface area contributed by atoms with E-state index in [1.54, 1.807) is 11.3 Å². The van der Waals surface area contributed by atoms with Crippen molar-refractivity contribution >= 4 is 11.3 Å². The highest BCUT2D eigenvalue weighted by Crippen LogP contribution is 2.11. The van der Waals surface area contributed by atoms with E-state index < -0.39 is 0 Å². The lowest BCUT2D eigenvalue weighted by Crippen LogP contribution is -1.76. The van der Waals surface area contributed by atoms with Gasteiger partial charge in [0.05, 0.1) is 11.2 Å². The molecule has 0 aliphatic rings. The second-order valence-corrected chi connectivity index (χ2v) is 2.64. The first kappa shape index (κ1) is 5.76. The van der Waals surface area contributed by atoms with Crippen LogP contribution < -0.4 is 0 Å². The number of aryl methyl sites for hydroxylation is 1. The van der Waals surface area contributed by atoms with Crippen molar-refractivity contribution in [2.75, 3.05) is 0 Å². The van der Waals surface area contributed by atoms with Crippen molar-refractivity contribution in [2.24, 2.45) is 0 Å². The van der Waals surface area contributed by atoms with Crippen LogP contribution in [0.4, 0.5) is 0 Å². The zero-order valence-electron chi connectivity index (χ0n) is 5.01. The quantitative estimate of drug-likeness (QED) is 0.561. The zero-order chi connectivity index (χ0) is 5.98. The molecular weight excluding hydrogens is 118 g/mol. The van der Waals surface area contributed by atoms with Crippen LogP contribution in [0.3, 0.4) is 0 Å². The first-order valence-electron chi connectivity index (χ1n) is 2.54. The van der Waals surface area contributed by atoms with E-state index in [4.69, 9.17) is 0 Å². The van der Waals surface area contributed by atoms with Gasteiger partial charge in [-0.3, -0.25) is 0 Å². The summed E-state index contributed by atoms with van der Waals surface area (Å²) in [7, 11) is 0. The lowest BCUT2D eigenvalue weighted by molar-refractivity contribution is 1.23. The molecular formula is C6H8NS. The fraction of sp³-hybridized carbons (Fsp3) is 0.333. The van der Waals surface area contributed by atoms with E-state index in [0.717, 1.165) is 5.69 Å². The van der Waals surface area contributed by atoms with Crippen LogP contribution in [0.25, 0.3) is 0 Å².